The average molecular weight is 425 g/mol. The predicted molar refractivity (Wildman–Crippen MR) is 119 cm³/mol. The first-order valence-electron chi connectivity index (χ1n) is 10.6. The van der Waals surface area contributed by atoms with Crippen LogP contribution in [0.2, 0.25) is 0 Å². The number of nitrogens with zero attached hydrogens (tertiary/aromatic N) is 4. The Balaban J connectivity index is 1.78. The van der Waals surface area contributed by atoms with Crippen LogP contribution in [0.3, 0.4) is 0 Å². The van der Waals surface area contributed by atoms with Gasteiger partial charge in [0, 0.05) is 13.1 Å². The summed E-state index contributed by atoms with van der Waals surface area (Å²) >= 11 is 0. The van der Waals surface area contributed by atoms with Gasteiger partial charge in [0.2, 0.25) is 11.9 Å². The zero-order valence-corrected chi connectivity index (χ0v) is 18.1. The molecule has 1 aromatic carbocycles. The number of hydrogen-bond donors (Lipinski definition) is 2. The first kappa shape index (κ1) is 20.9. The lowest BCUT2D eigenvalue weighted by Gasteiger charge is -2.43. The van der Waals surface area contributed by atoms with E-state index in [0.29, 0.717) is 29.5 Å². The van der Waals surface area contributed by atoms with Crippen LogP contribution in [0.1, 0.15) is 49.4 Å². The number of amides is 2. The van der Waals surface area contributed by atoms with Gasteiger partial charge in [-0.25, -0.2) is 4.98 Å². The van der Waals surface area contributed by atoms with Gasteiger partial charge in [-0.3, -0.25) is 9.59 Å². The molecule has 2 amide bonds. The third-order valence-electron chi connectivity index (χ3n) is 6.16. The van der Waals surface area contributed by atoms with E-state index in [1.54, 1.807) is 36.3 Å². The van der Waals surface area contributed by atoms with Crippen molar-refractivity contribution in [3.05, 3.63) is 30.0 Å². The van der Waals surface area contributed by atoms with Gasteiger partial charge in [-0.05, 0) is 31.4 Å². The molecule has 9 nitrogen and oxygen atoms in total. The van der Waals surface area contributed by atoms with Gasteiger partial charge in [-0.1, -0.05) is 25.8 Å². The van der Waals surface area contributed by atoms with Crippen molar-refractivity contribution in [3.8, 4) is 5.75 Å². The fraction of sp³-hybridized carbons (Fsp3) is 0.455. The molecule has 1 atom stereocenters. The maximum Gasteiger partial charge on any atom is 0.250 e. The van der Waals surface area contributed by atoms with Gasteiger partial charge in [0.25, 0.3) is 5.91 Å². The van der Waals surface area contributed by atoms with Crippen LogP contribution in [-0.2, 0) is 4.79 Å². The quantitative estimate of drug-likeness (QED) is 0.733. The van der Waals surface area contributed by atoms with Crippen molar-refractivity contribution in [2.45, 2.75) is 51.1 Å². The lowest BCUT2D eigenvalue weighted by atomic mass is 10.0. The molecule has 2 aliphatic rings. The Hall–Kier alpha value is -3.36. The van der Waals surface area contributed by atoms with Gasteiger partial charge in [0.05, 0.1) is 24.6 Å². The molecule has 1 aliphatic carbocycles. The number of benzene rings is 1. The number of fused-ring (bicyclic) bond motifs is 1. The molecule has 2 heterocycles. The fourth-order valence-electron chi connectivity index (χ4n) is 4.59. The minimum atomic E-state index is -0.580. The molecule has 4 rings (SSSR count). The topological polar surface area (TPSA) is 114 Å². The highest BCUT2D eigenvalue weighted by atomic mass is 16.5. The molecule has 164 valence electrons. The third-order valence-corrected chi connectivity index (χ3v) is 6.16. The van der Waals surface area contributed by atoms with Crippen molar-refractivity contribution in [2.24, 2.45) is 5.73 Å². The van der Waals surface area contributed by atoms with Crippen molar-refractivity contribution in [1.82, 2.24) is 9.97 Å². The van der Waals surface area contributed by atoms with E-state index < -0.39 is 5.91 Å². The Morgan fingerprint density at radius 1 is 1.32 bits per heavy atom. The zero-order valence-electron chi connectivity index (χ0n) is 18.1. The second-order valence-electron chi connectivity index (χ2n) is 7.94. The highest BCUT2D eigenvalue weighted by molar-refractivity contribution is 6.04. The Morgan fingerprint density at radius 2 is 2.06 bits per heavy atom. The molecule has 1 aromatic heterocycles. The third kappa shape index (κ3) is 3.64. The first-order valence-corrected chi connectivity index (χ1v) is 10.6. The molecular formula is C22H28N6O3. The molecule has 9 heteroatoms. The molecule has 3 N–H and O–H groups in total. The molecule has 0 spiro atoms. The number of hydrogen-bond acceptors (Lipinski definition) is 7. The van der Waals surface area contributed by atoms with Gasteiger partial charge in [0.1, 0.15) is 17.5 Å². The van der Waals surface area contributed by atoms with Gasteiger partial charge < -0.3 is 25.6 Å². The summed E-state index contributed by atoms with van der Waals surface area (Å²) in [5.74, 6) is 0.986. The van der Waals surface area contributed by atoms with Crippen LogP contribution in [0, 0.1) is 0 Å². The van der Waals surface area contributed by atoms with E-state index in [4.69, 9.17) is 15.5 Å². The van der Waals surface area contributed by atoms with E-state index in [1.165, 1.54) is 7.11 Å². The van der Waals surface area contributed by atoms with Crippen LogP contribution in [-0.4, -0.2) is 48.0 Å². The van der Waals surface area contributed by atoms with Crippen LogP contribution in [0.15, 0.2) is 24.4 Å². The monoisotopic (exact) mass is 424 g/mol. The number of ether oxygens (including phenoxy) is 1. The number of aromatic nitrogens is 2. The lowest BCUT2D eigenvalue weighted by Crippen LogP contribution is -2.55. The zero-order chi connectivity index (χ0) is 22.1. The number of methoxy groups -OCH3 is 1. The number of rotatable bonds is 6. The van der Waals surface area contributed by atoms with E-state index in [-0.39, 0.29) is 23.6 Å². The highest BCUT2D eigenvalue weighted by Gasteiger charge is 2.41. The summed E-state index contributed by atoms with van der Waals surface area (Å²) in [4.78, 5) is 38.0. The maximum atomic E-state index is 13.0. The van der Waals surface area contributed by atoms with Gasteiger partial charge in [-0.15, -0.1) is 0 Å². The minimum absolute atomic E-state index is 0.0620. The number of likely N-dealkylation sites (N-methyl/N-ethyl adjacent to an activating group) is 1. The summed E-state index contributed by atoms with van der Waals surface area (Å²) in [6, 6.07) is 5.08. The Morgan fingerprint density at radius 3 is 2.71 bits per heavy atom. The Labute approximate surface area is 181 Å². The Kier molecular flexibility index (Phi) is 5.67. The number of nitrogens with one attached hydrogen (secondary N) is 1. The lowest BCUT2D eigenvalue weighted by molar-refractivity contribution is -0.120. The maximum absolute atomic E-state index is 13.0. The van der Waals surface area contributed by atoms with Crippen LogP contribution < -0.4 is 25.6 Å². The number of carbonyl (C=O) groups is 2. The van der Waals surface area contributed by atoms with Gasteiger partial charge >= 0.3 is 0 Å². The van der Waals surface area contributed by atoms with Crippen LogP contribution in [0.5, 0.6) is 5.75 Å². The number of para-hydroxylation sites is 1. The number of primary amides is 1. The minimum Gasteiger partial charge on any atom is -0.495 e. The van der Waals surface area contributed by atoms with Crippen molar-refractivity contribution in [2.75, 3.05) is 29.3 Å². The molecule has 1 fully saturated rings. The molecule has 2 aromatic rings. The van der Waals surface area contributed by atoms with E-state index >= 15 is 0 Å². The molecule has 1 unspecified atom stereocenters. The first-order chi connectivity index (χ1) is 15.0. The summed E-state index contributed by atoms with van der Waals surface area (Å²) in [5.41, 5.74) is 6.93. The normalized spacial score (nSPS) is 18.8. The van der Waals surface area contributed by atoms with Crippen molar-refractivity contribution < 1.29 is 14.3 Å². The van der Waals surface area contributed by atoms with Crippen molar-refractivity contribution in [1.29, 1.82) is 0 Å². The summed E-state index contributed by atoms with van der Waals surface area (Å²) in [6.07, 6.45) is 6.72. The summed E-state index contributed by atoms with van der Waals surface area (Å²) in [7, 11) is 3.28. The fourth-order valence-corrected chi connectivity index (χ4v) is 4.59. The van der Waals surface area contributed by atoms with Crippen LogP contribution >= 0.6 is 0 Å². The molecule has 1 saturated carbocycles. The van der Waals surface area contributed by atoms with Crippen LogP contribution in [0.25, 0.3) is 0 Å². The van der Waals surface area contributed by atoms with E-state index in [2.05, 4.69) is 15.2 Å². The molecule has 0 bridgehead atoms. The van der Waals surface area contributed by atoms with Crippen molar-refractivity contribution >= 4 is 35.0 Å². The smallest absolute Gasteiger partial charge is 0.250 e. The largest absolute Gasteiger partial charge is 0.495 e. The summed E-state index contributed by atoms with van der Waals surface area (Å²) in [6.45, 7) is 2.03. The molecule has 31 heavy (non-hydrogen) atoms. The molecule has 0 radical (unpaired) electrons. The number of anilines is 4. The second-order valence-corrected chi connectivity index (χ2v) is 7.94. The second kappa shape index (κ2) is 8.41. The predicted octanol–water partition coefficient (Wildman–Crippen LogP) is 2.83. The number of carbonyl (C=O) groups excluding carboxylic acids is 2. The van der Waals surface area contributed by atoms with Gasteiger partial charge in [-0.2, -0.15) is 4.98 Å². The average Bonchev–Trinajstić information content (AvgIpc) is 3.30. The standard InChI is InChI=1S/C22H28N6O3/c1-4-15-21(30)27(2)16-12-24-22(26-20(16)28(15)13-8-5-6-9-13)25-18-14(19(23)29)10-7-11-17(18)31-3/h7,10-13,15H,4-6,8-9H2,1-3H3,(H2,23,29)(H,24,25,26). The SMILES string of the molecule is CCC1C(=O)N(C)c2cnc(Nc3c(OC)cccc3C(N)=O)nc2N1C1CCCC1. The molecule has 0 saturated heterocycles. The summed E-state index contributed by atoms with van der Waals surface area (Å²) in [5, 5.41) is 3.12. The van der Waals surface area contributed by atoms with E-state index in [1.807, 2.05) is 6.92 Å². The van der Waals surface area contributed by atoms with Gasteiger partial charge in [0.15, 0.2) is 5.82 Å². The number of nitrogens with two attached hydrogens (primary N) is 1. The molecule has 1 aliphatic heterocycles. The Bertz CT molecular complexity index is 1000. The van der Waals surface area contributed by atoms with E-state index in [0.717, 1.165) is 31.5 Å². The van der Waals surface area contributed by atoms with Crippen molar-refractivity contribution in [3.63, 3.8) is 0 Å². The molecular weight excluding hydrogens is 396 g/mol. The van der Waals surface area contributed by atoms with Crippen LogP contribution in [0.4, 0.5) is 23.1 Å². The summed E-state index contributed by atoms with van der Waals surface area (Å²) < 4.78 is 5.40. The highest BCUT2D eigenvalue weighted by Crippen LogP contribution is 2.40. The van der Waals surface area contributed by atoms with E-state index in [9.17, 15) is 9.59 Å².